The molecule has 1 aromatic heterocycles. The molecule has 2 heterocycles. The fraction of sp³-hybridized carbons (Fsp3) is 0.444. The second-order valence-corrected chi connectivity index (χ2v) is 6.25. The first-order chi connectivity index (χ1) is 12.0. The number of H-pyrrole nitrogens is 1. The Hall–Kier alpha value is -2.54. The predicted molar refractivity (Wildman–Crippen MR) is 94.6 cm³/mol. The zero-order chi connectivity index (χ0) is 18.0. The molecule has 1 aromatic carbocycles. The first-order valence-corrected chi connectivity index (χ1v) is 8.28. The van der Waals surface area contributed by atoms with Crippen LogP contribution in [-0.4, -0.2) is 66.3 Å². The number of hydrogen-bond donors (Lipinski definition) is 1. The van der Waals surface area contributed by atoms with Gasteiger partial charge in [-0.2, -0.15) is 5.10 Å². The summed E-state index contributed by atoms with van der Waals surface area (Å²) in [5.74, 6) is 1.51. The van der Waals surface area contributed by atoms with E-state index < -0.39 is 0 Å². The van der Waals surface area contributed by atoms with Gasteiger partial charge in [-0.05, 0) is 25.1 Å². The summed E-state index contributed by atoms with van der Waals surface area (Å²) in [6.45, 7) is 4.21. The number of likely N-dealkylation sites (N-methyl/N-ethyl adjacent to an activating group) is 1. The van der Waals surface area contributed by atoms with Crippen molar-refractivity contribution < 1.29 is 14.3 Å². The van der Waals surface area contributed by atoms with Crippen molar-refractivity contribution in [2.45, 2.75) is 19.5 Å². The molecule has 1 amide bonds. The number of methoxy groups -OCH3 is 2. The van der Waals surface area contributed by atoms with Crippen LogP contribution in [-0.2, 0) is 11.3 Å². The summed E-state index contributed by atoms with van der Waals surface area (Å²) in [6.07, 6.45) is 1.82. The summed E-state index contributed by atoms with van der Waals surface area (Å²) in [6, 6.07) is 5.64. The smallest absolute Gasteiger partial charge is 0.239 e. The van der Waals surface area contributed by atoms with Crippen LogP contribution in [0.5, 0.6) is 11.5 Å². The van der Waals surface area contributed by atoms with Gasteiger partial charge in [0.15, 0.2) is 11.5 Å². The van der Waals surface area contributed by atoms with Crippen molar-refractivity contribution in [2.75, 3.05) is 34.4 Å². The summed E-state index contributed by atoms with van der Waals surface area (Å²) in [7, 11) is 5.08. The highest BCUT2D eigenvalue weighted by molar-refractivity contribution is 5.82. The molecule has 0 unspecified atom stereocenters. The third kappa shape index (κ3) is 3.32. The molecule has 0 spiro atoms. The summed E-state index contributed by atoms with van der Waals surface area (Å²) in [4.78, 5) is 16.2. The molecular weight excluding hydrogens is 320 g/mol. The lowest BCUT2D eigenvalue weighted by atomic mass is 10.1. The standard InChI is InChI=1S/C18H24N4O3/c1-12-18(23)21(2)7-8-22(12)11-14-10-19-20-17(14)13-5-6-15(24-3)16(9-13)25-4/h5-6,9-10,12H,7-8,11H2,1-4H3,(H,19,20)/t12-/m1/s1. The largest absolute Gasteiger partial charge is 0.493 e. The second-order valence-electron chi connectivity index (χ2n) is 6.25. The average molecular weight is 344 g/mol. The number of carbonyl (C=O) groups is 1. The maximum absolute atomic E-state index is 12.2. The Balaban J connectivity index is 1.85. The quantitative estimate of drug-likeness (QED) is 0.895. The van der Waals surface area contributed by atoms with Gasteiger partial charge in [-0.1, -0.05) is 0 Å². The van der Waals surface area contributed by atoms with Crippen LogP contribution < -0.4 is 9.47 Å². The second kappa shape index (κ2) is 7.14. The van der Waals surface area contributed by atoms with Crippen LogP contribution in [0.3, 0.4) is 0 Å². The van der Waals surface area contributed by atoms with E-state index in [-0.39, 0.29) is 11.9 Å². The van der Waals surface area contributed by atoms with Crippen LogP contribution >= 0.6 is 0 Å². The lowest BCUT2D eigenvalue weighted by Crippen LogP contribution is -2.53. The minimum Gasteiger partial charge on any atom is -0.493 e. The van der Waals surface area contributed by atoms with Gasteiger partial charge in [-0.3, -0.25) is 14.8 Å². The number of ether oxygens (including phenoxy) is 2. The highest BCUT2D eigenvalue weighted by atomic mass is 16.5. The normalized spacial score (nSPS) is 18.5. The number of nitrogens with one attached hydrogen (secondary N) is 1. The highest BCUT2D eigenvalue weighted by Gasteiger charge is 2.29. The number of nitrogens with zero attached hydrogens (tertiary/aromatic N) is 3. The molecule has 25 heavy (non-hydrogen) atoms. The molecule has 0 radical (unpaired) electrons. The molecule has 134 valence electrons. The van der Waals surface area contributed by atoms with E-state index in [9.17, 15) is 4.79 Å². The molecule has 2 aromatic rings. The van der Waals surface area contributed by atoms with Gasteiger partial charge in [0.05, 0.1) is 32.2 Å². The number of aromatic amines is 1. The van der Waals surface area contributed by atoms with Crippen LogP contribution in [0.4, 0.5) is 0 Å². The maximum Gasteiger partial charge on any atom is 0.239 e. The number of hydrogen-bond acceptors (Lipinski definition) is 5. The highest BCUT2D eigenvalue weighted by Crippen LogP contribution is 2.33. The molecule has 0 bridgehead atoms. The third-order valence-corrected chi connectivity index (χ3v) is 4.77. The molecule has 1 atom stereocenters. The van der Waals surface area contributed by atoms with Gasteiger partial charge in [0, 0.05) is 37.8 Å². The van der Waals surface area contributed by atoms with Crippen LogP contribution in [0.25, 0.3) is 11.3 Å². The number of amides is 1. The molecule has 0 saturated carbocycles. The monoisotopic (exact) mass is 344 g/mol. The SMILES string of the molecule is COc1ccc(-c2[nH]ncc2CN2CCN(C)C(=O)[C@H]2C)cc1OC. The van der Waals surface area contributed by atoms with E-state index in [1.165, 1.54) is 0 Å². The van der Waals surface area contributed by atoms with E-state index >= 15 is 0 Å². The molecule has 7 heteroatoms. The lowest BCUT2D eigenvalue weighted by molar-refractivity contribution is -0.139. The maximum atomic E-state index is 12.2. The Morgan fingerprint density at radius 1 is 1.24 bits per heavy atom. The molecule has 1 aliphatic rings. The lowest BCUT2D eigenvalue weighted by Gasteiger charge is -2.37. The van der Waals surface area contributed by atoms with E-state index in [2.05, 4.69) is 15.1 Å². The van der Waals surface area contributed by atoms with Gasteiger partial charge in [0.2, 0.25) is 5.91 Å². The number of rotatable bonds is 5. The molecule has 1 aliphatic heterocycles. The number of piperazine rings is 1. The van der Waals surface area contributed by atoms with Gasteiger partial charge in [0.25, 0.3) is 0 Å². The van der Waals surface area contributed by atoms with Crippen molar-refractivity contribution in [2.24, 2.45) is 0 Å². The van der Waals surface area contributed by atoms with Gasteiger partial charge in [0.1, 0.15) is 0 Å². The van der Waals surface area contributed by atoms with E-state index in [0.717, 1.165) is 29.9 Å². The number of aromatic nitrogens is 2. The van der Waals surface area contributed by atoms with Crippen LogP contribution in [0.2, 0.25) is 0 Å². The van der Waals surface area contributed by atoms with Crippen molar-refractivity contribution in [3.63, 3.8) is 0 Å². The Morgan fingerprint density at radius 3 is 2.72 bits per heavy atom. The van der Waals surface area contributed by atoms with E-state index in [1.54, 1.807) is 19.1 Å². The number of benzene rings is 1. The van der Waals surface area contributed by atoms with Crippen molar-refractivity contribution in [3.05, 3.63) is 30.0 Å². The molecule has 1 fully saturated rings. The number of carbonyl (C=O) groups excluding carboxylic acids is 1. The van der Waals surface area contributed by atoms with Crippen molar-refractivity contribution in [3.8, 4) is 22.8 Å². The van der Waals surface area contributed by atoms with Crippen molar-refractivity contribution >= 4 is 5.91 Å². The predicted octanol–water partition coefficient (Wildman–Crippen LogP) is 1.76. The third-order valence-electron chi connectivity index (χ3n) is 4.77. The zero-order valence-electron chi connectivity index (χ0n) is 15.1. The fourth-order valence-corrected chi connectivity index (χ4v) is 3.16. The summed E-state index contributed by atoms with van der Waals surface area (Å²) in [5.41, 5.74) is 2.95. The Bertz CT molecular complexity index is 759. The van der Waals surface area contributed by atoms with Crippen molar-refractivity contribution in [1.82, 2.24) is 20.0 Å². The Morgan fingerprint density at radius 2 is 2.00 bits per heavy atom. The summed E-state index contributed by atoms with van der Waals surface area (Å²) >= 11 is 0. The van der Waals surface area contributed by atoms with E-state index in [0.29, 0.717) is 18.0 Å². The van der Waals surface area contributed by atoms with Crippen molar-refractivity contribution in [1.29, 1.82) is 0 Å². The van der Waals surface area contributed by atoms with Gasteiger partial charge in [-0.25, -0.2) is 0 Å². The van der Waals surface area contributed by atoms with Gasteiger partial charge >= 0.3 is 0 Å². The Labute approximate surface area is 147 Å². The molecule has 0 aliphatic carbocycles. The molecule has 1 saturated heterocycles. The van der Waals surface area contributed by atoms with E-state index in [4.69, 9.17) is 9.47 Å². The molecular formula is C18H24N4O3. The first-order valence-electron chi connectivity index (χ1n) is 8.28. The summed E-state index contributed by atoms with van der Waals surface area (Å²) in [5, 5.41) is 7.27. The fourth-order valence-electron chi connectivity index (χ4n) is 3.16. The average Bonchev–Trinajstić information content (AvgIpc) is 3.09. The topological polar surface area (TPSA) is 70.7 Å². The minimum absolute atomic E-state index is 0.132. The van der Waals surface area contributed by atoms with Gasteiger partial charge < -0.3 is 14.4 Å². The molecule has 1 N–H and O–H groups in total. The zero-order valence-corrected chi connectivity index (χ0v) is 15.1. The summed E-state index contributed by atoms with van der Waals surface area (Å²) < 4.78 is 10.7. The van der Waals surface area contributed by atoms with Gasteiger partial charge in [-0.15, -0.1) is 0 Å². The van der Waals surface area contributed by atoms with E-state index in [1.807, 2.05) is 38.4 Å². The van der Waals surface area contributed by atoms with Crippen LogP contribution in [0.15, 0.2) is 24.4 Å². The van der Waals surface area contributed by atoms with Crippen LogP contribution in [0, 0.1) is 0 Å². The first kappa shape index (κ1) is 17.3. The Kier molecular flexibility index (Phi) is 4.94. The molecule has 3 rings (SSSR count). The minimum atomic E-state index is -0.132. The molecule has 7 nitrogen and oxygen atoms in total. The van der Waals surface area contributed by atoms with Crippen LogP contribution in [0.1, 0.15) is 12.5 Å².